The van der Waals surface area contributed by atoms with Crippen LogP contribution in [-0.2, 0) is 4.79 Å². The molecule has 1 atom stereocenters. The van der Waals surface area contributed by atoms with Crippen LogP contribution in [0.25, 0.3) is 21.8 Å². The van der Waals surface area contributed by atoms with Crippen LogP contribution in [0.3, 0.4) is 0 Å². The molecule has 7 nitrogen and oxygen atoms in total. The number of benzene rings is 2. The van der Waals surface area contributed by atoms with Gasteiger partial charge in [-0.3, -0.25) is 28.5 Å². The van der Waals surface area contributed by atoms with E-state index in [2.05, 4.69) is 42.2 Å². The van der Waals surface area contributed by atoms with Gasteiger partial charge in [-0.15, -0.1) is 0 Å². The molecule has 33 heavy (non-hydrogen) atoms. The summed E-state index contributed by atoms with van der Waals surface area (Å²) >= 11 is 6.90. The molecule has 1 aliphatic heterocycles. The van der Waals surface area contributed by atoms with E-state index in [9.17, 15) is 14.4 Å². The predicted octanol–water partition coefficient (Wildman–Crippen LogP) is 5.10. The first kappa shape index (κ1) is 21.8. The van der Waals surface area contributed by atoms with Gasteiger partial charge in [0.15, 0.2) is 0 Å². The van der Waals surface area contributed by atoms with Gasteiger partial charge in [-0.25, -0.2) is 0 Å². The van der Waals surface area contributed by atoms with Crippen LogP contribution >= 0.6 is 31.9 Å². The highest BCUT2D eigenvalue weighted by Crippen LogP contribution is 2.32. The molecule has 3 heterocycles. The van der Waals surface area contributed by atoms with Crippen molar-refractivity contribution in [1.29, 1.82) is 0 Å². The van der Waals surface area contributed by atoms with Gasteiger partial charge >= 0.3 is 0 Å². The number of amides is 1. The lowest BCUT2D eigenvalue weighted by Gasteiger charge is -2.22. The Kier molecular flexibility index (Phi) is 5.33. The van der Waals surface area contributed by atoms with E-state index in [1.807, 2.05) is 36.4 Å². The maximum Gasteiger partial charge on any atom is 0.270 e. The summed E-state index contributed by atoms with van der Waals surface area (Å²) in [5.41, 5.74) is 3.21. The minimum absolute atomic E-state index is 0.112. The predicted molar refractivity (Wildman–Crippen MR) is 134 cm³/mol. The first-order valence-electron chi connectivity index (χ1n) is 10.2. The van der Waals surface area contributed by atoms with Crippen LogP contribution in [0.2, 0.25) is 0 Å². The third kappa shape index (κ3) is 3.65. The zero-order valence-corrected chi connectivity index (χ0v) is 20.9. The molecule has 0 spiro atoms. The minimum atomic E-state index is -0.374. The number of hydrogen-bond acceptors (Lipinski definition) is 4. The van der Waals surface area contributed by atoms with Crippen molar-refractivity contribution in [2.24, 2.45) is 4.99 Å². The summed E-state index contributed by atoms with van der Waals surface area (Å²) in [4.78, 5) is 42.1. The van der Waals surface area contributed by atoms with Gasteiger partial charge in [0.1, 0.15) is 5.71 Å². The highest BCUT2D eigenvalue weighted by molar-refractivity contribution is 9.10. The quantitative estimate of drug-likeness (QED) is 0.364. The minimum Gasteiger partial charge on any atom is -0.342 e. The molecule has 0 saturated heterocycles. The maximum atomic E-state index is 13.2. The highest BCUT2D eigenvalue weighted by atomic mass is 79.9. The molecule has 0 aliphatic carbocycles. The lowest BCUT2D eigenvalue weighted by atomic mass is 10.0. The number of nitrogens with zero attached hydrogens (tertiary/aromatic N) is 3. The van der Waals surface area contributed by atoms with Gasteiger partial charge in [-0.05, 0) is 24.3 Å². The van der Waals surface area contributed by atoms with E-state index in [1.54, 1.807) is 17.0 Å². The molecular formula is C24H18Br2N4O3. The molecule has 166 valence electrons. The van der Waals surface area contributed by atoms with Gasteiger partial charge in [0.2, 0.25) is 11.8 Å². The second kappa shape index (κ2) is 8.07. The molecule has 4 aromatic rings. The van der Waals surface area contributed by atoms with Gasteiger partial charge < -0.3 is 5.32 Å². The molecule has 9 heteroatoms. The fourth-order valence-corrected chi connectivity index (χ4v) is 5.02. The van der Waals surface area contributed by atoms with Gasteiger partial charge in [-0.2, -0.15) is 0 Å². The third-order valence-corrected chi connectivity index (χ3v) is 6.81. The van der Waals surface area contributed by atoms with E-state index in [0.29, 0.717) is 17.6 Å². The summed E-state index contributed by atoms with van der Waals surface area (Å²) < 4.78 is 4.81. The van der Waals surface area contributed by atoms with Crippen LogP contribution in [-0.4, -0.2) is 39.1 Å². The Labute approximate surface area is 205 Å². The summed E-state index contributed by atoms with van der Waals surface area (Å²) in [6.07, 6.45) is 3.43. The zero-order chi connectivity index (χ0) is 23.4. The fraction of sp³-hybridized carbons (Fsp3) is 0.167. The van der Waals surface area contributed by atoms with Crippen molar-refractivity contribution in [2.75, 3.05) is 6.54 Å². The molecule has 2 aromatic heterocycles. The molecule has 2 aromatic carbocycles. The number of nitrogens with one attached hydrogen (secondary N) is 1. The van der Waals surface area contributed by atoms with Crippen molar-refractivity contribution in [3.63, 3.8) is 0 Å². The lowest BCUT2D eigenvalue weighted by Crippen LogP contribution is -2.40. The molecule has 0 saturated carbocycles. The molecule has 1 amide bonds. The van der Waals surface area contributed by atoms with Crippen molar-refractivity contribution in [2.45, 2.75) is 19.9 Å². The first-order chi connectivity index (χ1) is 15.7. The molecule has 0 radical (unpaired) electrons. The lowest BCUT2D eigenvalue weighted by molar-refractivity contribution is -0.115. The van der Waals surface area contributed by atoms with Crippen LogP contribution in [0.15, 0.2) is 62.7 Å². The van der Waals surface area contributed by atoms with Crippen LogP contribution in [0.5, 0.6) is 0 Å². The SMILES string of the molecule is CC(=O)n1cc(C2=NC[C@H](c3cn(C(C)=O)c4cc(Br)ccc34)NC2=O)c2ccc(Br)cc21. The number of rotatable bonds is 2. The van der Waals surface area contributed by atoms with Crippen molar-refractivity contribution in [3.05, 3.63) is 68.9 Å². The van der Waals surface area contributed by atoms with Crippen molar-refractivity contribution in [1.82, 2.24) is 14.5 Å². The van der Waals surface area contributed by atoms with Crippen LogP contribution in [0, 0.1) is 0 Å². The zero-order valence-electron chi connectivity index (χ0n) is 17.7. The Morgan fingerprint density at radius 1 is 0.939 bits per heavy atom. The van der Waals surface area contributed by atoms with Gasteiger partial charge in [0.05, 0.1) is 23.6 Å². The Bertz CT molecular complexity index is 1530. The normalized spacial score (nSPS) is 16.2. The number of hydrogen-bond donors (Lipinski definition) is 1. The second-order valence-electron chi connectivity index (χ2n) is 7.94. The highest BCUT2D eigenvalue weighted by Gasteiger charge is 2.29. The standard InChI is InChI=1S/C24H18Br2N4O3/c1-12(31)29-10-18(16-5-3-14(25)7-21(16)29)20-9-27-23(24(33)28-20)19-11-30(13(2)32)22-8-15(26)4-6-17(19)22/h3-8,10-11,20H,9H2,1-2H3,(H,28,33)/t20-/m1/s1. The maximum absolute atomic E-state index is 13.2. The summed E-state index contributed by atoms with van der Waals surface area (Å²) in [6.45, 7) is 3.30. The largest absolute Gasteiger partial charge is 0.342 e. The van der Waals surface area contributed by atoms with E-state index in [-0.39, 0.29) is 29.5 Å². The Morgan fingerprint density at radius 3 is 2.12 bits per heavy atom. The molecule has 1 N–H and O–H groups in total. The van der Waals surface area contributed by atoms with Crippen LogP contribution in [0.4, 0.5) is 0 Å². The topological polar surface area (TPSA) is 85.5 Å². The van der Waals surface area contributed by atoms with Crippen molar-refractivity contribution < 1.29 is 14.4 Å². The van der Waals surface area contributed by atoms with Crippen molar-refractivity contribution in [3.8, 4) is 0 Å². The van der Waals surface area contributed by atoms with Gasteiger partial charge in [0, 0.05) is 57.1 Å². The summed E-state index contributed by atoms with van der Waals surface area (Å²) in [5.74, 6) is -0.585. The monoisotopic (exact) mass is 568 g/mol. The summed E-state index contributed by atoms with van der Waals surface area (Å²) in [6, 6.07) is 10.9. The van der Waals surface area contributed by atoms with E-state index >= 15 is 0 Å². The summed E-state index contributed by atoms with van der Waals surface area (Å²) in [5, 5.41) is 4.71. The Hall–Kier alpha value is -3.04. The number of aromatic nitrogens is 2. The molecule has 1 aliphatic rings. The number of carbonyl (C=O) groups is 3. The summed E-state index contributed by atoms with van der Waals surface area (Å²) in [7, 11) is 0. The van der Waals surface area contributed by atoms with E-state index in [4.69, 9.17) is 0 Å². The number of halogens is 2. The average molecular weight is 570 g/mol. The fourth-order valence-electron chi connectivity index (χ4n) is 4.32. The number of fused-ring (bicyclic) bond motifs is 2. The molecular weight excluding hydrogens is 552 g/mol. The van der Waals surface area contributed by atoms with E-state index in [0.717, 1.165) is 30.8 Å². The molecule has 5 rings (SSSR count). The molecule has 0 fully saturated rings. The van der Waals surface area contributed by atoms with Gasteiger partial charge in [0.25, 0.3) is 5.91 Å². The molecule has 0 bridgehead atoms. The Balaban J connectivity index is 1.58. The number of carbonyl (C=O) groups excluding carboxylic acids is 3. The molecule has 0 unspecified atom stereocenters. The second-order valence-corrected chi connectivity index (χ2v) is 9.77. The van der Waals surface area contributed by atoms with Gasteiger partial charge in [-0.1, -0.05) is 44.0 Å². The first-order valence-corrected chi connectivity index (χ1v) is 11.8. The van der Waals surface area contributed by atoms with E-state index in [1.165, 1.54) is 18.4 Å². The Morgan fingerprint density at radius 2 is 1.52 bits per heavy atom. The van der Waals surface area contributed by atoms with Crippen LogP contribution in [0.1, 0.15) is 40.6 Å². The third-order valence-electron chi connectivity index (χ3n) is 5.83. The van der Waals surface area contributed by atoms with E-state index < -0.39 is 0 Å². The number of aliphatic imine (C=N–C) groups is 1. The van der Waals surface area contributed by atoms with Crippen LogP contribution < -0.4 is 5.32 Å². The van der Waals surface area contributed by atoms with Crippen molar-refractivity contribution >= 4 is 77.1 Å². The average Bonchev–Trinajstić information content (AvgIpc) is 3.32. The smallest absolute Gasteiger partial charge is 0.270 e.